The Hall–Kier alpha value is -1.27. The fraction of sp³-hybridized carbons (Fsp3) is 0.533. The minimum atomic E-state index is -0.711. The molecule has 0 radical (unpaired) electrons. The zero-order valence-electron chi connectivity index (χ0n) is 11.5. The summed E-state index contributed by atoms with van der Waals surface area (Å²) < 4.78 is 22.7. The van der Waals surface area contributed by atoms with Crippen LogP contribution < -0.4 is 0 Å². The Balaban J connectivity index is 1.68. The van der Waals surface area contributed by atoms with E-state index in [1.807, 2.05) is 44.2 Å². The average molecular weight is 278 g/mol. The zero-order valence-corrected chi connectivity index (χ0v) is 11.5. The van der Waals surface area contributed by atoms with E-state index >= 15 is 0 Å². The Labute approximate surface area is 117 Å². The molecule has 0 bridgehead atoms. The van der Waals surface area contributed by atoms with Crippen LogP contribution in [-0.4, -0.2) is 36.7 Å². The second-order valence-corrected chi connectivity index (χ2v) is 5.47. The summed E-state index contributed by atoms with van der Waals surface area (Å²) in [5.41, 5.74) is 1.04. The first-order valence-electron chi connectivity index (χ1n) is 6.71. The van der Waals surface area contributed by atoms with Gasteiger partial charge in [-0.05, 0) is 19.4 Å². The van der Waals surface area contributed by atoms with Gasteiger partial charge in [0.15, 0.2) is 18.4 Å². The molecule has 2 saturated heterocycles. The van der Waals surface area contributed by atoms with E-state index in [-0.39, 0.29) is 6.10 Å². The predicted molar refractivity (Wildman–Crippen MR) is 69.8 cm³/mol. The van der Waals surface area contributed by atoms with Gasteiger partial charge in [0, 0.05) is 0 Å². The summed E-state index contributed by atoms with van der Waals surface area (Å²) in [6.07, 6.45) is -1.26. The van der Waals surface area contributed by atoms with Crippen LogP contribution in [0.1, 0.15) is 19.4 Å². The van der Waals surface area contributed by atoms with Crippen molar-refractivity contribution < 1.29 is 23.7 Å². The van der Waals surface area contributed by atoms with Gasteiger partial charge < -0.3 is 23.7 Å². The van der Waals surface area contributed by atoms with E-state index in [1.54, 1.807) is 0 Å². The van der Waals surface area contributed by atoms with Crippen LogP contribution in [0.2, 0.25) is 0 Å². The standard InChI is InChI=1S/C15H18O5/c1-15(2)19-13-12(11(8-16)18-14(13)20-15)17-9-10-6-4-3-5-7-10/h3-8,11-14H,9H2,1-2H3/t11-,12?,13-,14-/m1/s1. The van der Waals surface area contributed by atoms with Crippen LogP contribution in [0.25, 0.3) is 0 Å². The lowest BCUT2D eigenvalue weighted by molar-refractivity contribution is -0.216. The molecule has 0 amide bonds. The maximum Gasteiger partial charge on any atom is 0.190 e. The first kappa shape index (κ1) is 13.7. The van der Waals surface area contributed by atoms with E-state index in [2.05, 4.69) is 0 Å². The van der Waals surface area contributed by atoms with Crippen LogP contribution in [0.5, 0.6) is 0 Å². The number of aldehydes is 1. The van der Waals surface area contributed by atoms with E-state index in [9.17, 15) is 4.79 Å². The number of hydrogen-bond acceptors (Lipinski definition) is 5. The molecule has 0 N–H and O–H groups in total. The molecule has 0 aromatic heterocycles. The Bertz CT molecular complexity index is 472. The topological polar surface area (TPSA) is 54.0 Å². The molecule has 0 saturated carbocycles. The van der Waals surface area contributed by atoms with Crippen molar-refractivity contribution in [3.8, 4) is 0 Å². The molecular formula is C15H18O5. The Morgan fingerprint density at radius 3 is 2.70 bits per heavy atom. The van der Waals surface area contributed by atoms with Crippen LogP contribution in [0.15, 0.2) is 30.3 Å². The third-order valence-electron chi connectivity index (χ3n) is 3.45. The molecule has 3 rings (SSSR count). The van der Waals surface area contributed by atoms with Gasteiger partial charge in [-0.1, -0.05) is 30.3 Å². The molecule has 0 spiro atoms. The number of rotatable bonds is 4. The highest BCUT2D eigenvalue weighted by molar-refractivity contribution is 5.58. The predicted octanol–water partition coefficient (Wildman–Crippen LogP) is 1.65. The van der Waals surface area contributed by atoms with Gasteiger partial charge in [-0.2, -0.15) is 0 Å². The molecule has 2 aliphatic heterocycles. The van der Waals surface area contributed by atoms with Gasteiger partial charge in [0.1, 0.15) is 18.3 Å². The van der Waals surface area contributed by atoms with Crippen molar-refractivity contribution in [2.24, 2.45) is 0 Å². The fourth-order valence-corrected chi connectivity index (χ4v) is 2.57. The maximum absolute atomic E-state index is 11.1. The molecular weight excluding hydrogens is 260 g/mol. The second-order valence-electron chi connectivity index (χ2n) is 5.47. The summed E-state index contributed by atoms with van der Waals surface area (Å²) in [5, 5.41) is 0. The highest BCUT2D eigenvalue weighted by Gasteiger charge is 2.55. The minimum absolute atomic E-state index is 0.371. The SMILES string of the molecule is CC1(C)O[C@H]2O[C@H](C=O)C(OCc3ccccc3)[C@H]2O1. The van der Waals surface area contributed by atoms with Crippen molar-refractivity contribution in [2.75, 3.05) is 0 Å². The van der Waals surface area contributed by atoms with E-state index in [0.29, 0.717) is 6.61 Å². The van der Waals surface area contributed by atoms with Gasteiger partial charge in [-0.15, -0.1) is 0 Å². The highest BCUT2D eigenvalue weighted by Crippen LogP contribution is 2.38. The number of benzene rings is 1. The first-order valence-corrected chi connectivity index (χ1v) is 6.71. The molecule has 5 heteroatoms. The number of ether oxygens (including phenoxy) is 4. The van der Waals surface area contributed by atoms with Gasteiger partial charge in [0.05, 0.1) is 6.61 Å². The Morgan fingerprint density at radius 1 is 1.25 bits per heavy atom. The van der Waals surface area contributed by atoms with Crippen LogP contribution in [0.3, 0.4) is 0 Å². The Kier molecular flexibility index (Phi) is 3.60. The summed E-state index contributed by atoms with van der Waals surface area (Å²) in [5.74, 6) is -0.711. The first-order chi connectivity index (χ1) is 9.59. The van der Waals surface area contributed by atoms with E-state index in [1.165, 1.54) is 0 Å². The second kappa shape index (κ2) is 5.26. The summed E-state index contributed by atoms with van der Waals surface area (Å²) in [6, 6.07) is 9.78. The van der Waals surface area contributed by atoms with Crippen LogP contribution in [0.4, 0.5) is 0 Å². The minimum Gasteiger partial charge on any atom is -0.367 e. The summed E-state index contributed by atoms with van der Waals surface area (Å²) in [4.78, 5) is 11.1. The van der Waals surface area contributed by atoms with Crippen molar-refractivity contribution in [1.82, 2.24) is 0 Å². The molecule has 1 aromatic carbocycles. The van der Waals surface area contributed by atoms with E-state index in [4.69, 9.17) is 18.9 Å². The van der Waals surface area contributed by atoms with Crippen molar-refractivity contribution in [3.05, 3.63) is 35.9 Å². The molecule has 20 heavy (non-hydrogen) atoms. The molecule has 2 fully saturated rings. The smallest absolute Gasteiger partial charge is 0.190 e. The lowest BCUT2D eigenvalue weighted by atomic mass is 10.1. The molecule has 5 nitrogen and oxygen atoms in total. The van der Waals surface area contributed by atoms with Crippen LogP contribution in [0, 0.1) is 0 Å². The molecule has 2 heterocycles. The molecule has 0 aliphatic carbocycles. The lowest BCUT2D eigenvalue weighted by Crippen LogP contribution is -2.37. The number of carbonyl (C=O) groups excluding carboxylic acids is 1. The molecule has 4 atom stereocenters. The van der Waals surface area contributed by atoms with Crippen LogP contribution >= 0.6 is 0 Å². The van der Waals surface area contributed by atoms with E-state index in [0.717, 1.165) is 11.8 Å². The van der Waals surface area contributed by atoms with Gasteiger partial charge in [-0.3, -0.25) is 0 Å². The summed E-state index contributed by atoms with van der Waals surface area (Å²) in [7, 11) is 0. The van der Waals surface area contributed by atoms with Gasteiger partial charge in [0.2, 0.25) is 0 Å². The summed E-state index contributed by atoms with van der Waals surface area (Å²) >= 11 is 0. The zero-order chi connectivity index (χ0) is 14.2. The number of fused-ring (bicyclic) bond motifs is 1. The summed E-state index contributed by atoms with van der Waals surface area (Å²) in [6.45, 7) is 4.05. The van der Waals surface area contributed by atoms with Crippen molar-refractivity contribution in [1.29, 1.82) is 0 Å². The molecule has 2 aliphatic rings. The molecule has 108 valence electrons. The highest BCUT2D eigenvalue weighted by atomic mass is 16.8. The lowest BCUT2D eigenvalue weighted by Gasteiger charge is -2.23. The van der Waals surface area contributed by atoms with Gasteiger partial charge in [0.25, 0.3) is 0 Å². The van der Waals surface area contributed by atoms with Gasteiger partial charge >= 0.3 is 0 Å². The van der Waals surface area contributed by atoms with Crippen molar-refractivity contribution in [2.45, 2.75) is 50.8 Å². The monoisotopic (exact) mass is 278 g/mol. The van der Waals surface area contributed by atoms with Crippen LogP contribution in [-0.2, 0) is 30.3 Å². The third kappa shape index (κ3) is 2.62. The number of carbonyl (C=O) groups is 1. The van der Waals surface area contributed by atoms with E-state index < -0.39 is 24.3 Å². The normalized spacial score (nSPS) is 34.9. The fourth-order valence-electron chi connectivity index (χ4n) is 2.57. The number of hydrogen-bond donors (Lipinski definition) is 0. The van der Waals surface area contributed by atoms with Crippen molar-refractivity contribution in [3.63, 3.8) is 0 Å². The average Bonchev–Trinajstić information content (AvgIpc) is 2.89. The largest absolute Gasteiger partial charge is 0.367 e. The third-order valence-corrected chi connectivity index (χ3v) is 3.45. The molecule has 1 aromatic rings. The maximum atomic E-state index is 11.1. The molecule has 1 unspecified atom stereocenters. The quantitative estimate of drug-likeness (QED) is 0.784. The Morgan fingerprint density at radius 2 is 2.00 bits per heavy atom. The van der Waals surface area contributed by atoms with Crippen molar-refractivity contribution >= 4 is 6.29 Å². The van der Waals surface area contributed by atoms with Gasteiger partial charge in [-0.25, -0.2) is 0 Å².